The van der Waals surface area contributed by atoms with Gasteiger partial charge in [0.05, 0.1) is 13.2 Å². The maximum atomic E-state index is 13.7. The van der Waals surface area contributed by atoms with Crippen LogP contribution in [0.3, 0.4) is 0 Å². The lowest BCUT2D eigenvalue weighted by molar-refractivity contribution is 0.112. The smallest absolute Gasteiger partial charge is 0.165 e. The van der Waals surface area contributed by atoms with Gasteiger partial charge in [-0.1, -0.05) is 30.3 Å². The van der Waals surface area contributed by atoms with Crippen LogP contribution in [0, 0.1) is 11.7 Å². The maximum Gasteiger partial charge on any atom is 0.165 e. The first-order valence-electron chi connectivity index (χ1n) is 7.24. The first-order valence-corrected chi connectivity index (χ1v) is 7.24. The van der Waals surface area contributed by atoms with E-state index in [0.717, 1.165) is 18.4 Å². The normalized spacial score (nSPS) is 15.8. The average molecular weight is 286 g/mol. The summed E-state index contributed by atoms with van der Waals surface area (Å²) in [6.45, 7) is 0. The zero-order valence-corrected chi connectivity index (χ0v) is 12.1. The van der Waals surface area contributed by atoms with Gasteiger partial charge in [0.25, 0.3) is 0 Å². The molecule has 2 aromatic rings. The van der Waals surface area contributed by atoms with Gasteiger partial charge in [0.1, 0.15) is 0 Å². The van der Waals surface area contributed by atoms with Crippen LogP contribution in [0.5, 0.6) is 5.75 Å². The minimum absolute atomic E-state index is 0.215. The predicted molar refractivity (Wildman–Crippen MR) is 80.0 cm³/mol. The Hall–Kier alpha value is -1.87. The molecule has 0 amide bonds. The first-order chi connectivity index (χ1) is 10.2. The molecule has 0 aromatic heterocycles. The third kappa shape index (κ3) is 2.93. The van der Waals surface area contributed by atoms with Crippen LogP contribution in [0.15, 0.2) is 42.5 Å². The molecular formula is C18H19FO2. The summed E-state index contributed by atoms with van der Waals surface area (Å²) in [4.78, 5) is 0. The second-order valence-corrected chi connectivity index (χ2v) is 5.68. The Labute approximate surface area is 124 Å². The highest BCUT2D eigenvalue weighted by molar-refractivity contribution is 5.33. The molecule has 3 rings (SSSR count). The van der Waals surface area contributed by atoms with Crippen LogP contribution < -0.4 is 4.74 Å². The second kappa shape index (κ2) is 5.86. The van der Waals surface area contributed by atoms with Gasteiger partial charge in [-0.05, 0) is 54.0 Å². The van der Waals surface area contributed by atoms with E-state index in [1.54, 1.807) is 6.07 Å². The summed E-state index contributed by atoms with van der Waals surface area (Å²) >= 11 is 0. The summed E-state index contributed by atoms with van der Waals surface area (Å²) < 4.78 is 18.6. The number of halogens is 1. The van der Waals surface area contributed by atoms with E-state index >= 15 is 0 Å². The molecule has 110 valence electrons. The largest absolute Gasteiger partial charge is 0.494 e. The molecule has 2 nitrogen and oxygen atoms in total. The van der Waals surface area contributed by atoms with Crippen molar-refractivity contribution in [1.29, 1.82) is 0 Å². The highest BCUT2D eigenvalue weighted by atomic mass is 19.1. The topological polar surface area (TPSA) is 29.5 Å². The van der Waals surface area contributed by atoms with E-state index in [9.17, 15) is 9.50 Å². The molecule has 2 aromatic carbocycles. The second-order valence-electron chi connectivity index (χ2n) is 5.68. The Bertz CT molecular complexity index is 614. The predicted octanol–water partition coefficient (Wildman–Crippen LogP) is 3.15. The molecule has 0 aliphatic heterocycles. The highest BCUT2D eigenvalue weighted by Crippen LogP contribution is 2.30. The quantitative estimate of drug-likeness (QED) is 0.935. The van der Waals surface area contributed by atoms with Crippen molar-refractivity contribution in [3.63, 3.8) is 0 Å². The number of methoxy groups -OCH3 is 1. The number of hydrogen-bond acceptors (Lipinski definition) is 2. The number of fused-ring (bicyclic) bond motifs is 1. The summed E-state index contributed by atoms with van der Waals surface area (Å²) in [5, 5.41) is 10.4. The number of rotatable bonds is 4. The zero-order valence-electron chi connectivity index (χ0n) is 12.1. The molecule has 0 saturated carbocycles. The van der Waals surface area contributed by atoms with Crippen molar-refractivity contribution in [3.8, 4) is 5.75 Å². The zero-order chi connectivity index (χ0) is 14.8. The molecule has 1 atom stereocenters. The molecule has 0 radical (unpaired) electrons. The molecule has 0 heterocycles. The molecule has 0 fully saturated rings. The van der Waals surface area contributed by atoms with Gasteiger partial charge in [-0.3, -0.25) is 0 Å². The van der Waals surface area contributed by atoms with E-state index in [2.05, 4.69) is 12.1 Å². The number of ether oxygens (including phenoxy) is 1. The summed E-state index contributed by atoms with van der Waals surface area (Å²) in [5.41, 5.74) is 3.45. The molecular weight excluding hydrogens is 267 g/mol. The van der Waals surface area contributed by atoms with Gasteiger partial charge >= 0.3 is 0 Å². The fraction of sp³-hybridized carbons (Fsp3) is 0.333. The van der Waals surface area contributed by atoms with Gasteiger partial charge in [0.15, 0.2) is 11.6 Å². The standard InChI is InChI=1S/C18H19FO2/c1-21-18-7-6-12(8-16(18)19)9-17(20)15-10-13-4-2-3-5-14(13)11-15/h2-8,15,17,20H,9-11H2,1H3. The molecule has 0 saturated heterocycles. The summed E-state index contributed by atoms with van der Waals surface area (Å²) in [6, 6.07) is 13.2. The van der Waals surface area contributed by atoms with Crippen molar-refractivity contribution in [2.24, 2.45) is 5.92 Å². The first kappa shape index (κ1) is 14.1. The average Bonchev–Trinajstić information content (AvgIpc) is 2.91. The molecule has 1 N–H and O–H groups in total. The Morgan fingerprint density at radius 2 is 1.86 bits per heavy atom. The Balaban J connectivity index is 1.68. The van der Waals surface area contributed by atoms with Gasteiger partial charge in [0.2, 0.25) is 0 Å². The van der Waals surface area contributed by atoms with E-state index in [1.807, 2.05) is 18.2 Å². The number of aliphatic hydroxyl groups is 1. The molecule has 21 heavy (non-hydrogen) atoms. The van der Waals surface area contributed by atoms with E-state index in [4.69, 9.17) is 4.74 Å². The number of aliphatic hydroxyl groups excluding tert-OH is 1. The Morgan fingerprint density at radius 3 is 2.43 bits per heavy atom. The Kier molecular flexibility index (Phi) is 3.93. The fourth-order valence-corrected chi connectivity index (χ4v) is 3.11. The van der Waals surface area contributed by atoms with Gasteiger partial charge in [-0.15, -0.1) is 0 Å². The van der Waals surface area contributed by atoms with Crippen LogP contribution in [-0.2, 0) is 19.3 Å². The van der Waals surface area contributed by atoms with Gasteiger partial charge in [-0.25, -0.2) is 4.39 Å². The van der Waals surface area contributed by atoms with Gasteiger partial charge in [0, 0.05) is 0 Å². The van der Waals surface area contributed by atoms with Crippen LogP contribution >= 0.6 is 0 Å². The molecule has 0 spiro atoms. The molecule has 0 bridgehead atoms. The summed E-state index contributed by atoms with van der Waals surface area (Å²) in [6.07, 6.45) is 1.82. The van der Waals surface area contributed by atoms with Crippen LogP contribution in [-0.4, -0.2) is 18.3 Å². The summed E-state index contributed by atoms with van der Waals surface area (Å²) in [5.74, 6) is 0.0750. The van der Waals surface area contributed by atoms with E-state index in [0.29, 0.717) is 6.42 Å². The van der Waals surface area contributed by atoms with E-state index < -0.39 is 6.10 Å². The van der Waals surface area contributed by atoms with Crippen molar-refractivity contribution in [2.45, 2.75) is 25.4 Å². The maximum absolute atomic E-state index is 13.7. The molecule has 3 heteroatoms. The molecule has 1 aliphatic carbocycles. The third-order valence-electron chi connectivity index (χ3n) is 4.29. The minimum atomic E-state index is -0.454. The van der Waals surface area contributed by atoms with Crippen molar-refractivity contribution in [3.05, 3.63) is 65.0 Å². The van der Waals surface area contributed by atoms with Crippen molar-refractivity contribution in [2.75, 3.05) is 7.11 Å². The Morgan fingerprint density at radius 1 is 1.19 bits per heavy atom. The van der Waals surface area contributed by atoms with E-state index in [-0.39, 0.29) is 17.5 Å². The van der Waals surface area contributed by atoms with E-state index in [1.165, 1.54) is 24.3 Å². The van der Waals surface area contributed by atoms with Crippen molar-refractivity contribution >= 4 is 0 Å². The van der Waals surface area contributed by atoms with Gasteiger partial charge < -0.3 is 9.84 Å². The highest BCUT2D eigenvalue weighted by Gasteiger charge is 2.27. The molecule has 1 unspecified atom stereocenters. The third-order valence-corrected chi connectivity index (χ3v) is 4.29. The fourth-order valence-electron chi connectivity index (χ4n) is 3.11. The minimum Gasteiger partial charge on any atom is -0.494 e. The number of benzene rings is 2. The summed E-state index contributed by atoms with van der Waals surface area (Å²) in [7, 11) is 1.45. The van der Waals surface area contributed by atoms with Gasteiger partial charge in [-0.2, -0.15) is 0 Å². The number of hydrogen-bond donors (Lipinski definition) is 1. The monoisotopic (exact) mass is 286 g/mol. The SMILES string of the molecule is COc1ccc(CC(O)C2Cc3ccccc3C2)cc1F. The van der Waals surface area contributed by atoms with Crippen molar-refractivity contribution < 1.29 is 14.2 Å². The lowest BCUT2D eigenvalue weighted by Crippen LogP contribution is -2.23. The van der Waals surface area contributed by atoms with Crippen LogP contribution in [0.2, 0.25) is 0 Å². The lowest BCUT2D eigenvalue weighted by atomic mass is 9.93. The van der Waals surface area contributed by atoms with Crippen LogP contribution in [0.4, 0.5) is 4.39 Å². The molecule has 1 aliphatic rings. The van der Waals surface area contributed by atoms with Crippen LogP contribution in [0.1, 0.15) is 16.7 Å². The van der Waals surface area contributed by atoms with Crippen molar-refractivity contribution in [1.82, 2.24) is 0 Å². The lowest BCUT2D eigenvalue weighted by Gasteiger charge is -2.18. The van der Waals surface area contributed by atoms with Crippen LogP contribution in [0.25, 0.3) is 0 Å².